The Morgan fingerprint density at radius 3 is 0.757 bits per heavy atom. The van der Waals surface area contributed by atoms with Crippen LogP contribution >= 0.6 is 0 Å². The number of allylic oxidation sites excluding steroid dienone is 2. The summed E-state index contributed by atoms with van der Waals surface area (Å²) >= 11 is 0. The van der Waals surface area contributed by atoms with Crippen LogP contribution in [0.15, 0.2) is 23.7 Å². The van der Waals surface area contributed by atoms with Gasteiger partial charge in [-0.3, -0.25) is 0 Å². The average Bonchev–Trinajstić information content (AvgIpc) is 2.55. The number of halogens is 22. The van der Waals surface area contributed by atoms with Crippen molar-refractivity contribution >= 4 is 0 Å². The first kappa shape index (κ1) is 34.7. The van der Waals surface area contributed by atoms with Gasteiger partial charge < -0.3 is 4.74 Å². The standard InChI is InChI=1S/C12F22O3/c13-3(14)1(5(17,18)7(21,22)9(25,26)36-11(29,30)31)35-2(4(15)16)6(19,20)8(23,24)10(27,28)37-12(32,33)34. The fraction of sp³-hybridized carbons (Fsp3) is 0.667. The van der Waals surface area contributed by atoms with Crippen LogP contribution in [0, 0.1) is 0 Å². The molecule has 0 aliphatic rings. The van der Waals surface area contributed by atoms with E-state index in [4.69, 9.17) is 0 Å². The Morgan fingerprint density at radius 2 is 0.595 bits per heavy atom. The van der Waals surface area contributed by atoms with Gasteiger partial charge in [0.15, 0.2) is 0 Å². The monoisotopic (exact) mass is 610 g/mol. The second-order valence-electron chi connectivity index (χ2n) is 5.71. The summed E-state index contributed by atoms with van der Waals surface area (Å²) < 4.78 is 285. The summed E-state index contributed by atoms with van der Waals surface area (Å²) in [6.07, 6.45) is -39.3. The maximum absolute atomic E-state index is 13.6. The highest BCUT2D eigenvalue weighted by Gasteiger charge is 2.81. The van der Waals surface area contributed by atoms with Crippen LogP contribution < -0.4 is 0 Å². The lowest BCUT2D eigenvalue weighted by molar-refractivity contribution is -0.485. The third kappa shape index (κ3) is 6.95. The zero-order valence-corrected chi connectivity index (χ0v) is 15.5. The van der Waals surface area contributed by atoms with E-state index >= 15 is 0 Å². The molecule has 0 aromatic carbocycles. The molecule has 220 valence electrons. The normalized spacial score (nSPS) is 15.0. The lowest BCUT2D eigenvalue weighted by Gasteiger charge is -2.35. The molecule has 0 aliphatic carbocycles. The molecule has 0 rings (SSSR count). The van der Waals surface area contributed by atoms with E-state index in [1.54, 1.807) is 0 Å². The van der Waals surface area contributed by atoms with E-state index in [9.17, 15) is 96.6 Å². The first-order valence-electron chi connectivity index (χ1n) is 7.38. The molecule has 37 heavy (non-hydrogen) atoms. The molecule has 0 spiro atoms. The molecule has 0 bridgehead atoms. The van der Waals surface area contributed by atoms with Crippen molar-refractivity contribution in [1.82, 2.24) is 0 Å². The fourth-order valence-corrected chi connectivity index (χ4v) is 1.61. The minimum atomic E-state index is -8.09. The van der Waals surface area contributed by atoms with Crippen molar-refractivity contribution in [3.05, 3.63) is 23.7 Å². The number of hydrogen-bond acceptors (Lipinski definition) is 3. The maximum Gasteiger partial charge on any atom is 0.527 e. The lowest BCUT2D eigenvalue weighted by atomic mass is 10.1. The Labute approximate surface area is 184 Å². The van der Waals surface area contributed by atoms with Crippen molar-refractivity contribution in [1.29, 1.82) is 0 Å². The summed E-state index contributed by atoms with van der Waals surface area (Å²) in [5.74, 6) is -42.1. The first-order valence-corrected chi connectivity index (χ1v) is 7.38. The molecule has 0 heterocycles. The summed E-state index contributed by atoms with van der Waals surface area (Å²) in [5, 5.41) is 0. The molecule has 25 heteroatoms. The highest BCUT2D eigenvalue weighted by molar-refractivity contribution is 5.22. The first-order chi connectivity index (χ1) is 15.8. The van der Waals surface area contributed by atoms with Gasteiger partial charge in [0.05, 0.1) is 0 Å². The zero-order valence-electron chi connectivity index (χ0n) is 15.5. The van der Waals surface area contributed by atoms with Gasteiger partial charge in [-0.1, -0.05) is 0 Å². The highest BCUT2D eigenvalue weighted by atomic mass is 19.4. The summed E-state index contributed by atoms with van der Waals surface area (Å²) in [5.41, 5.74) is 0. The van der Waals surface area contributed by atoms with Gasteiger partial charge in [0.1, 0.15) is 0 Å². The maximum atomic E-state index is 13.6. The quantitative estimate of drug-likeness (QED) is 0.185. The van der Waals surface area contributed by atoms with Crippen LogP contribution in [0.1, 0.15) is 0 Å². The molecule has 0 unspecified atom stereocenters. The Hall–Kier alpha value is -2.34. The second-order valence-corrected chi connectivity index (χ2v) is 5.71. The molecule has 0 amide bonds. The van der Waals surface area contributed by atoms with Gasteiger partial charge in [-0.15, -0.1) is 26.3 Å². The average molecular weight is 610 g/mol. The van der Waals surface area contributed by atoms with E-state index in [0.717, 1.165) is 0 Å². The van der Waals surface area contributed by atoms with Crippen molar-refractivity contribution in [3.8, 4) is 0 Å². The number of rotatable bonds is 10. The molecule has 0 saturated carbocycles. The van der Waals surface area contributed by atoms with E-state index in [1.165, 1.54) is 9.47 Å². The van der Waals surface area contributed by atoms with Gasteiger partial charge in [0, 0.05) is 0 Å². The molecule has 0 N–H and O–H groups in total. The minimum Gasteiger partial charge on any atom is -0.442 e. The van der Waals surface area contributed by atoms with Crippen molar-refractivity contribution < 1.29 is 111 Å². The van der Waals surface area contributed by atoms with Crippen LogP contribution in [-0.2, 0) is 14.2 Å². The van der Waals surface area contributed by atoms with Gasteiger partial charge >= 0.3 is 60.8 Å². The van der Waals surface area contributed by atoms with E-state index in [1.807, 2.05) is 4.74 Å². The molecule has 3 nitrogen and oxygen atoms in total. The molecular formula is C12F22O3. The molecule has 0 radical (unpaired) electrons. The van der Waals surface area contributed by atoms with E-state index < -0.39 is 72.3 Å². The SMILES string of the molecule is FC(F)=C(OC(=C(F)F)C(F)(F)C(F)(F)C(F)(F)OC(F)(F)F)C(F)(F)C(F)(F)C(F)(F)OC(F)(F)F. The molecule has 0 atom stereocenters. The van der Waals surface area contributed by atoms with Crippen LogP contribution in [0.5, 0.6) is 0 Å². The van der Waals surface area contributed by atoms with E-state index in [-0.39, 0.29) is 0 Å². The van der Waals surface area contributed by atoms with Crippen molar-refractivity contribution in [3.63, 3.8) is 0 Å². The van der Waals surface area contributed by atoms with E-state index in [0.29, 0.717) is 0 Å². The smallest absolute Gasteiger partial charge is 0.442 e. The van der Waals surface area contributed by atoms with Crippen LogP contribution in [-0.4, -0.2) is 48.6 Å². The van der Waals surface area contributed by atoms with Crippen LogP contribution in [0.3, 0.4) is 0 Å². The lowest BCUT2D eigenvalue weighted by Crippen LogP contribution is -2.59. The molecular weight excluding hydrogens is 610 g/mol. The summed E-state index contributed by atoms with van der Waals surface area (Å²) in [6.45, 7) is 0. The Morgan fingerprint density at radius 1 is 0.378 bits per heavy atom. The van der Waals surface area contributed by atoms with Crippen molar-refractivity contribution in [2.45, 2.75) is 48.6 Å². The predicted octanol–water partition coefficient (Wildman–Crippen LogP) is 8.02. The van der Waals surface area contributed by atoms with Crippen LogP contribution in [0.4, 0.5) is 96.6 Å². The third-order valence-corrected chi connectivity index (χ3v) is 3.13. The largest absolute Gasteiger partial charge is 0.527 e. The zero-order chi connectivity index (χ0) is 30.4. The van der Waals surface area contributed by atoms with Gasteiger partial charge in [-0.05, 0) is 0 Å². The highest BCUT2D eigenvalue weighted by Crippen LogP contribution is 2.56. The van der Waals surface area contributed by atoms with Gasteiger partial charge in [-0.25, -0.2) is 9.47 Å². The Bertz CT molecular complexity index is 812. The van der Waals surface area contributed by atoms with E-state index in [2.05, 4.69) is 0 Å². The Balaban J connectivity index is 6.88. The minimum absolute atomic E-state index is 1.23. The number of ether oxygens (including phenoxy) is 3. The second kappa shape index (κ2) is 9.76. The van der Waals surface area contributed by atoms with Gasteiger partial charge in [0.25, 0.3) is 0 Å². The summed E-state index contributed by atoms with van der Waals surface area (Å²) in [4.78, 5) is 0. The Kier molecular flexibility index (Phi) is 9.14. The number of hydrogen-bond donors (Lipinski definition) is 0. The van der Waals surface area contributed by atoms with Crippen molar-refractivity contribution in [2.24, 2.45) is 0 Å². The topological polar surface area (TPSA) is 27.7 Å². The predicted molar refractivity (Wildman–Crippen MR) is 63.5 cm³/mol. The van der Waals surface area contributed by atoms with Crippen LogP contribution in [0.2, 0.25) is 0 Å². The molecule has 0 aromatic rings. The molecule has 0 fully saturated rings. The van der Waals surface area contributed by atoms with Gasteiger partial charge in [-0.2, -0.15) is 70.2 Å². The van der Waals surface area contributed by atoms with Gasteiger partial charge in [0.2, 0.25) is 11.5 Å². The summed E-state index contributed by atoms with van der Waals surface area (Å²) in [7, 11) is 0. The fourth-order valence-electron chi connectivity index (χ4n) is 1.61. The van der Waals surface area contributed by atoms with Crippen LogP contribution in [0.25, 0.3) is 0 Å². The molecule has 0 aliphatic heterocycles. The molecule has 0 aromatic heterocycles. The number of alkyl halides is 18. The van der Waals surface area contributed by atoms with Crippen molar-refractivity contribution in [2.75, 3.05) is 0 Å². The third-order valence-electron chi connectivity index (χ3n) is 3.13. The summed E-state index contributed by atoms with van der Waals surface area (Å²) in [6, 6.07) is 0. The molecule has 0 saturated heterocycles.